The highest BCUT2D eigenvalue weighted by molar-refractivity contribution is 7.89. The van der Waals surface area contributed by atoms with E-state index in [0.29, 0.717) is 17.2 Å². The smallest absolute Gasteiger partial charge is 0.238 e. The minimum atomic E-state index is -3.69. The van der Waals surface area contributed by atoms with Crippen LogP contribution in [0.2, 0.25) is 0 Å². The number of hydrogen-bond acceptors (Lipinski definition) is 6. The lowest BCUT2D eigenvalue weighted by atomic mass is 10.2. The molecular formula is C15H17N3O4S. The van der Waals surface area contributed by atoms with E-state index in [2.05, 4.69) is 10.5 Å². The third kappa shape index (κ3) is 4.44. The molecule has 23 heavy (non-hydrogen) atoms. The van der Waals surface area contributed by atoms with Crippen LogP contribution in [0.25, 0.3) is 0 Å². The predicted molar refractivity (Wildman–Crippen MR) is 88.6 cm³/mol. The monoisotopic (exact) mass is 335 g/mol. The lowest BCUT2D eigenvalue weighted by molar-refractivity contribution is 0.355. The van der Waals surface area contributed by atoms with Crippen LogP contribution in [0.3, 0.4) is 0 Å². The molecule has 122 valence electrons. The minimum Gasteiger partial charge on any atom is -0.493 e. The summed E-state index contributed by atoms with van der Waals surface area (Å²) in [7, 11) is -0.562. The molecule has 0 aliphatic heterocycles. The van der Waals surface area contributed by atoms with E-state index in [1.54, 1.807) is 44.7 Å². The van der Waals surface area contributed by atoms with Gasteiger partial charge in [-0.05, 0) is 48.0 Å². The summed E-state index contributed by atoms with van der Waals surface area (Å²) in [6, 6.07) is 11.4. The number of hydrazone groups is 1. The Bertz CT molecular complexity index is 802. The molecule has 0 saturated carbocycles. The van der Waals surface area contributed by atoms with Gasteiger partial charge in [0.05, 0.1) is 31.0 Å². The topological polar surface area (TPSA) is 103 Å². The first-order valence-corrected chi connectivity index (χ1v) is 8.12. The minimum absolute atomic E-state index is 0.0481. The van der Waals surface area contributed by atoms with E-state index in [1.165, 1.54) is 12.1 Å². The number of anilines is 1. The van der Waals surface area contributed by atoms with Crippen LogP contribution in [-0.4, -0.2) is 28.9 Å². The van der Waals surface area contributed by atoms with E-state index in [9.17, 15) is 8.42 Å². The molecule has 0 spiro atoms. The molecule has 0 unspecified atom stereocenters. The molecule has 0 atom stereocenters. The maximum absolute atomic E-state index is 11.2. The molecule has 0 amide bonds. The summed E-state index contributed by atoms with van der Waals surface area (Å²) in [6.45, 7) is 0. The first kappa shape index (κ1) is 16.8. The second kappa shape index (κ2) is 7.12. The SMILES string of the molecule is COc1ccc(C=NNc2ccc(S(N)(=O)=O)cc2)cc1OC. The fraction of sp³-hybridized carbons (Fsp3) is 0.133. The van der Waals surface area contributed by atoms with Gasteiger partial charge in [-0.15, -0.1) is 0 Å². The van der Waals surface area contributed by atoms with Gasteiger partial charge in [-0.2, -0.15) is 5.10 Å². The van der Waals surface area contributed by atoms with E-state index in [4.69, 9.17) is 14.6 Å². The zero-order valence-electron chi connectivity index (χ0n) is 12.7. The van der Waals surface area contributed by atoms with Crippen molar-refractivity contribution in [2.45, 2.75) is 4.90 Å². The Kier molecular flexibility index (Phi) is 5.20. The van der Waals surface area contributed by atoms with Gasteiger partial charge in [-0.1, -0.05) is 0 Å². The van der Waals surface area contributed by atoms with E-state index in [0.717, 1.165) is 5.56 Å². The number of rotatable bonds is 6. The van der Waals surface area contributed by atoms with Crippen LogP contribution in [0.4, 0.5) is 5.69 Å². The number of ether oxygens (including phenoxy) is 2. The number of methoxy groups -OCH3 is 2. The molecule has 0 bridgehead atoms. The van der Waals surface area contributed by atoms with Gasteiger partial charge in [-0.25, -0.2) is 13.6 Å². The Morgan fingerprint density at radius 2 is 1.70 bits per heavy atom. The van der Waals surface area contributed by atoms with Gasteiger partial charge in [0.1, 0.15) is 0 Å². The van der Waals surface area contributed by atoms with Crippen molar-refractivity contribution >= 4 is 21.9 Å². The summed E-state index contributed by atoms with van der Waals surface area (Å²) in [5.74, 6) is 1.24. The summed E-state index contributed by atoms with van der Waals surface area (Å²) in [5, 5.41) is 9.12. The third-order valence-electron chi connectivity index (χ3n) is 3.00. The van der Waals surface area contributed by atoms with E-state index >= 15 is 0 Å². The molecule has 0 aromatic heterocycles. The van der Waals surface area contributed by atoms with Crippen molar-refractivity contribution in [2.75, 3.05) is 19.6 Å². The van der Waals surface area contributed by atoms with Crippen molar-refractivity contribution in [2.24, 2.45) is 10.2 Å². The number of nitrogens with zero attached hydrogens (tertiary/aromatic N) is 1. The number of nitrogens with one attached hydrogen (secondary N) is 1. The van der Waals surface area contributed by atoms with Crippen molar-refractivity contribution in [1.82, 2.24) is 0 Å². The fourth-order valence-corrected chi connectivity index (χ4v) is 2.35. The van der Waals surface area contributed by atoms with Gasteiger partial charge in [0, 0.05) is 0 Å². The molecule has 0 saturated heterocycles. The Labute approximate surface area is 134 Å². The van der Waals surface area contributed by atoms with Crippen LogP contribution in [-0.2, 0) is 10.0 Å². The number of hydrogen-bond donors (Lipinski definition) is 2. The van der Waals surface area contributed by atoms with E-state index < -0.39 is 10.0 Å². The molecular weight excluding hydrogens is 318 g/mol. The average molecular weight is 335 g/mol. The quantitative estimate of drug-likeness (QED) is 0.619. The van der Waals surface area contributed by atoms with Crippen LogP contribution in [0.5, 0.6) is 11.5 Å². The standard InChI is InChI=1S/C15H17N3O4S/c1-21-14-8-3-11(9-15(14)22-2)10-17-18-12-4-6-13(7-5-12)23(16,19)20/h3-10,18H,1-2H3,(H2,16,19,20). The van der Waals surface area contributed by atoms with Crippen molar-refractivity contribution in [1.29, 1.82) is 0 Å². The van der Waals surface area contributed by atoms with Gasteiger partial charge in [-0.3, -0.25) is 5.43 Å². The van der Waals surface area contributed by atoms with Gasteiger partial charge in [0.15, 0.2) is 11.5 Å². The predicted octanol–water partition coefficient (Wildman–Crippen LogP) is 1.80. The zero-order chi connectivity index (χ0) is 16.9. The number of nitrogens with two attached hydrogens (primary N) is 1. The first-order chi connectivity index (χ1) is 10.9. The Morgan fingerprint density at radius 3 is 2.26 bits per heavy atom. The molecule has 2 aromatic rings. The maximum Gasteiger partial charge on any atom is 0.238 e. The Balaban J connectivity index is 2.07. The molecule has 0 aliphatic carbocycles. The maximum atomic E-state index is 11.2. The van der Waals surface area contributed by atoms with Crippen LogP contribution < -0.4 is 20.0 Å². The lowest BCUT2D eigenvalue weighted by Gasteiger charge is -2.07. The van der Waals surface area contributed by atoms with Crippen LogP contribution in [0, 0.1) is 0 Å². The molecule has 2 aromatic carbocycles. The second-order valence-electron chi connectivity index (χ2n) is 4.55. The molecule has 0 aliphatic rings. The van der Waals surface area contributed by atoms with Gasteiger partial charge in [0.2, 0.25) is 10.0 Å². The van der Waals surface area contributed by atoms with Crippen molar-refractivity contribution in [3.63, 3.8) is 0 Å². The lowest BCUT2D eigenvalue weighted by Crippen LogP contribution is -2.11. The summed E-state index contributed by atoms with van der Waals surface area (Å²) < 4.78 is 32.7. The molecule has 8 heteroatoms. The van der Waals surface area contributed by atoms with Crippen molar-refractivity contribution < 1.29 is 17.9 Å². The zero-order valence-corrected chi connectivity index (χ0v) is 13.5. The van der Waals surface area contributed by atoms with E-state index in [1.807, 2.05) is 6.07 Å². The summed E-state index contributed by atoms with van der Waals surface area (Å²) >= 11 is 0. The van der Waals surface area contributed by atoms with Crippen molar-refractivity contribution in [3.05, 3.63) is 48.0 Å². The number of benzene rings is 2. The largest absolute Gasteiger partial charge is 0.493 e. The fourth-order valence-electron chi connectivity index (χ4n) is 1.83. The highest BCUT2D eigenvalue weighted by atomic mass is 32.2. The third-order valence-corrected chi connectivity index (χ3v) is 3.93. The van der Waals surface area contributed by atoms with Crippen LogP contribution in [0.1, 0.15) is 5.56 Å². The normalized spacial score (nSPS) is 11.4. The molecule has 0 fully saturated rings. The summed E-state index contributed by atoms with van der Waals surface area (Å²) in [6.07, 6.45) is 1.61. The summed E-state index contributed by atoms with van der Waals surface area (Å²) in [4.78, 5) is 0.0481. The Hall–Kier alpha value is -2.58. The molecule has 2 rings (SSSR count). The van der Waals surface area contributed by atoms with Gasteiger partial charge >= 0.3 is 0 Å². The average Bonchev–Trinajstić information content (AvgIpc) is 2.54. The first-order valence-electron chi connectivity index (χ1n) is 6.58. The number of sulfonamides is 1. The highest BCUT2D eigenvalue weighted by Gasteiger charge is 2.06. The highest BCUT2D eigenvalue weighted by Crippen LogP contribution is 2.26. The molecule has 3 N–H and O–H groups in total. The van der Waals surface area contributed by atoms with Crippen LogP contribution in [0.15, 0.2) is 52.5 Å². The van der Waals surface area contributed by atoms with E-state index in [-0.39, 0.29) is 4.90 Å². The van der Waals surface area contributed by atoms with Crippen LogP contribution >= 0.6 is 0 Å². The molecule has 0 radical (unpaired) electrons. The number of primary sulfonamides is 1. The van der Waals surface area contributed by atoms with Gasteiger partial charge < -0.3 is 9.47 Å². The van der Waals surface area contributed by atoms with Gasteiger partial charge in [0.25, 0.3) is 0 Å². The summed E-state index contributed by atoms with van der Waals surface area (Å²) in [5.41, 5.74) is 4.25. The van der Waals surface area contributed by atoms with Crippen molar-refractivity contribution in [3.8, 4) is 11.5 Å². The second-order valence-corrected chi connectivity index (χ2v) is 6.12. The molecule has 7 nitrogen and oxygen atoms in total. The Morgan fingerprint density at radius 1 is 1.04 bits per heavy atom. The molecule has 0 heterocycles.